The Balaban J connectivity index is 1.21. The zero-order valence-electron chi connectivity index (χ0n) is 19.4. The quantitative estimate of drug-likeness (QED) is 0.622. The highest BCUT2D eigenvalue weighted by atomic mass is 16.5. The molecule has 34 heavy (non-hydrogen) atoms. The van der Waals surface area contributed by atoms with E-state index in [-0.39, 0.29) is 31.0 Å². The number of alkyl carbamates (subject to hydrolysis) is 1. The van der Waals surface area contributed by atoms with Crippen molar-refractivity contribution in [1.82, 2.24) is 15.1 Å². The maximum Gasteiger partial charge on any atom is 0.407 e. The van der Waals surface area contributed by atoms with Gasteiger partial charge in [-0.2, -0.15) is 0 Å². The van der Waals surface area contributed by atoms with E-state index in [2.05, 4.69) is 29.6 Å². The molecule has 1 saturated heterocycles. The first-order chi connectivity index (χ1) is 16.4. The molecule has 1 aliphatic carbocycles. The summed E-state index contributed by atoms with van der Waals surface area (Å²) >= 11 is 0. The van der Waals surface area contributed by atoms with Crippen LogP contribution in [-0.2, 0) is 14.3 Å². The molecule has 0 spiro atoms. The van der Waals surface area contributed by atoms with Crippen LogP contribution in [0.3, 0.4) is 0 Å². The average molecular weight is 466 g/mol. The number of rotatable bonds is 8. The summed E-state index contributed by atoms with van der Waals surface area (Å²) < 4.78 is 5.58. The van der Waals surface area contributed by atoms with Crippen molar-refractivity contribution in [3.63, 3.8) is 0 Å². The third kappa shape index (κ3) is 5.56. The number of carbonyl (C=O) groups is 3. The number of benzene rings is 2. The number of fused-ring (bicyclic) bond motifs is 3. The van der Waals surface area contributed by atoms with Crippen molar-refractivity contribution in [3.8, 4) is 11.1 Å². The second kappa shape index (κ2) is 10.7. The number of aliphatic carboxylic acids is 1. The number of amides is 2. The third-order valence-electron chi connectivity index (χ3n) is 6.58. The highest BCUT2D eigenvalue weighted by Crippen LogP contribution is 2.44. The van der Waals surface area contributed by atoms with Gasteiger partial charge in [-0.15, -0.1) is 0 Å². The van der Waals surface area contributed by atoms with E-state index in [0.717, 1.165) is 0 Å². The lowest BCUT2D eigenvalue weighted by Gasteiger charge is -2.34. The van der Waals surface area contributed by atoms with Crippen molar-refractivity contribution in [2.45, 2.75) is 31.7 Å². The molecule has 1 aliphatic heterocycles. The van der Waals surface area contributed by atoms with Gasteiger partial charge in [-0.1, -0.05) is 48.5 Å². The Morgan fingerprint density at radius 1 is 1.00 bits per heavy atom. The van der Waals surface area contributed by atoms with Gasteiger partial charge < -0.3 is 20.1 Å². The molecule has 2 aromatic rings. The van der Waals surface area contributed by atoms with Crippen molar-refractivity contribution in [3.05, 3.63) is 59.7 Å². The molecule has 0 saturated carbocycles. The van der Waals surface area contributed by atoms with E-state index in [0.29, 0.717) is 39.0 Å². The maximum absolute atomic E-state index is 12.5. The Bertz CT molecular complexity index is 1000. The van der Waals surface area contributed by atoms with Crippen LogP contribution in [0, 0.1) is 0 Å². The molecule has 0 bridgehead atoms. The van der Waals surface area contributed by atoms with E-state index >= 15 is 0 Å². The van der Waals surface area contributed by atoms with Crippen molar-refractivity contribution in [1.29, 1.82) is 0 Å². The van der Waals surface area contributed by atoms with Crippen LogP contribution in [-0.4, -0.2) is 78.2 Å². The highest BCUT2D eigenvalue weighted by Gasteiger charge is 2.29. The molecule has 8 heteroatoms. The second-order valence-corrected chi connectivity index (χ2v) is 8.96. The number of hydrogen-bond donors (Lipinski definition) is 2. The molecule has 0 radical (unpaired) electrons. The first-order valence-corrected chi connectivity index (χ1v) is 11.8. The normalized spacial score (nSPS) is 16.4. The molecule has 180 valence electrons. The van der Waals surface area contributed by atoms with E-state index in [1.165, 1.54) is 22.3 Å². The fourth-order valence-corrected chi connectivity index (χ4v) is 4.76. The number of carboxylic acid groups (broad SMARTS) is 1. The number of carbonyl (C=O) groups excluding carboxylic acids is 2. The van der Waals surface area contributed by atoms with E-state index in [9.17, 15) is 14.4 Å². The summed E-state index contributed by atoms with van der Waals surface area (Å²) in [6, 6.07) is 16.2. The SMILES string of the molecule is CC(CCC(=O)N1CCN(CC(=O)O)CC1)NC(=O)OCC1c2ccccc2-c2ccccc21. The number of piperazine rings is 1. The second-order valence-electron chi connectivity index (χ2n) is 8.96. The Kier molecular flexibility index (Phi) is 7.47. The number of nitrogens with zero attached hydrogens (tertiary/aromatic N) is 2. The highest BCUT2D eigenvalue weighted by molar-refractivity contribution is 5.79. The lowest BCUT2D eigenvalue weighted by atomic mass is 9.98. The minimum Gasteiger partial charge on any atom is -0.480 e. The van der Waals surface area contributed by atoms with Gasteiger partial charge in [-0.05, 0) is 35.6 Å². The largest absolute Gasteiger partial charge is 0.480 e. The number of ether oxygens (including phenoxy) is 1. The van der Waals surface area contributed by atoms with Gasteiger partial charge in [-0.25, -0.2) is 4.79 Å². The Hall–Kier alpha value is -3.39. The standard InChI is InChI=1S/C26H31N3O5/c1-18(10-11-24(30)29-14-12-28(13-15-29)16-25(31)32)27-26(33)34-17-23-21-8-4-2-6-19(21)20-7-3-5-9-22(20)23/h2-9,18,23H,10-17H2,1H3,(H,27,33)(H,31,32). The topological polar surface area (TPSA) is 99.2 Å². The van der Waals surface area contributed by atoms with Crippen LogP contribution in [0.15, 0.2) is 48.5 Å². The summed E-state index contributed by atoms with van der Waals surface area (Å²) in [5.41, 5.74) is 4.70. The van der Waals surface area contributed by atoms with Gasteiger partial charge in [0.1, 0.15) is 6.61 Å². The summed E-state index contributed by atoms with van der Waals surface area (Å²) in [5, 5.41) is 11.7. The molecule has 2 aliphatic rings. The van der Waals surface area contributed by atoms with Gasteiger partial charge >= 0.3 is 12.1 Å². The van der Waals surface area contributed by atoms with Crippen LogP contribution in [0.5, 0.6) is 0 Å². The van der Waals surface area contributed by atoms with Crippen LogP contribution >= 0.6 is 0 Å². The first kappa shape index (κ1) is 23.8. The van der Waals surface area contributed by atoms with Crippen LogP contribution in [0.4, 0.5) is 4.79 Å². The van der Waals surface area contributed by atoms with Gasteiger partial charge in [0, 0.05) is 44.6 Å². The molecule has 1 atom stereocenters. The minimum absolute atomic E-state index is 0.00310. The van der Waals surface area contributed by atoms with Crippen LogP contribution < -0.4 is 5.32 Å². The van der Waals surface area contributed by atoms with Gasteiger partial charge in [-0.3, -0.25) is 14.5 Å². The van der Waals surface area contributed by atoms with Crippen LogP contribution in [0.2, 0.25) is 0 Å². The van der Waals surface area contributed by atoms with E-state index in [1.54, 1.807) is 4.90 Å². The molecule has 1 fully saturated rings. The molecule has 4 rings (SSSR count). The number of nitrogens with one attached hydrogen (secondary N) is 1. The lowest BCUT2D eigenvalue weighted by Crippen LogP contribution is -2.50. The molecular weight excluding hydrogens is 434 g/mol. The molecule has 8 nitrogen and oxygen atoms in total. The van der Waals surface area contributed by atoms with Crippen LogP contribution in [0.1, 0.15) is 36.8 Å². The van der Waals surface area contributed by atoms with E-state index < -0.39 is 12.1 Å². The summed E-state index contributed by atoms with van der Waals surface area (Å²) in [5.74, 6) is -0.820. The third-order valence-corrected chi connectivity index (χ3v) is 6.58. The molecular formula is C26H31N3O5. The van der Waals surface area contributed by atoms with Crippen LogP contribution in [0.25, 0.3) is 11.1 Å². The molecule has 1 heterocycles. The predicted molar refractivity (Wildman–Crippen MR) is 128 cm³/mol. The van der Waals surface area contributed by atoms with Gasteiger partial charge in [0.05, 0.1) is 6.54 Å². The fourth-order valence-electron chi connectivity index (χ4n) is 4.76. The molecule has 2 N–H and O–H groups in total. The van der Waals surface area contributed by atoms with E-state index in [4.69, 9.17) is 9.84 Å². The Morgan fingerprint density at radius 2 is 1.59 bits per heavy atom. The van der Waals surface area contributed by atoms with Gasteiger partial charge in [0.2, 0.25) is 5.91 Å². The molecule has 0 aromatic heterocycles. The molecule has 2 aromatic carbocycles. The van der Waals surface area contributed by atoms with Crippen molar-refractivity contribution in [2.24, 2.45) is 0 Å². The van der Waals surface area contributed by atoms with Crippen molar-refractivity contribution >= 4 is 18.0 Å². The zero-order valence-corrected chi connectivity index (χ0v) is 19.4. The monoisotopic (exact) mass is 465 g/mol. The van der Waals surface area contributed by atoms with Gasteiger partial charge in [0.25, 0.3) is 0 Å². The summed E-state index contributed by atoms with van der Waals surface area (Å²) in [4.78, 5) is 39.3. The average Bonchev–Trinajstić information content (AvgIpc) is 3.15. The van der Waals surface area contributed by atoms with Crippen molar-refractivity contribution in [2.75, 3.05) is 39.3 Å². The lowest BCUT2D eigenvalue weighted by molar-refractivity contribution is -0.139. The minimum atomic E-state index is -0.854. The number of carboxylic acids is 1. The van der Waals surface area contributed by atoms with E-state index in [1.807, 2.05) is 36.1 Å². The Labute approximate surface area is 199 Å². The summed E-state index contributed by atoms with van der Waals surface area (Å²) in [6.07, 6.45) is 0.353. The maximum atomic E-state index is 12.5. The van der Waals surface area contributed by atoms with Crippen molar-refractivity contribution < 1.29 is 24.2 Å². The molecule has 1 unspecified atom stereocenters. The van der Waals surface area contributed by atoms with Gasteiger partial charge in [0.15, 0.2) is 0 Å². The predicted octanol–water partition coefficient (Wildman–Crippen LogP) is 2.92. The fraction of sp³-hybridized carbons (Fsp3) is 0.423. The molecule has 2 amide bonds. The summed E-state index contributed by atoms with van der Waals surface area (Å²) in [6.45, 7) is 4.30. The Morgan fingerprint density at radius 3 is 2.18 bits per heavy atom. The smallest absolute Gasteiger partial charge is 0.407 e. The summed E-state index contributed by atoms with van der Waals surface area (Å²) in [7, 11) is 0. The zero-order chi connectivity index (χ0) is 24.1. The number of hydrogen-bond acceptors (Lipinski definition) is 5. The first-order valence-electron chi connectivity index (χ1n) is 11.8.